The van der Waals surface area contributed by atoms with Crippen molar-refractivity contribution in [3.63, 3.8) is 0 Å². The van der Waals surface area contributed by atoms with Crippen molar-refractivity contribution in [1.29, 1.82) is 0 Å². The van der Waals surface area contributed by atoms with Crippen LogP contribution in [0.5, 0.6) is 0 Å². The van der Waals surface area contributed by atoms with Gasteiger partial charge in [-0.2, -0.15) is 35.1 Å². The van der Waals surface area contributed by atoms with Crippen molar-refractivity contribution in [1.82, 2.24) is 9.55 Å². The molecule has 0 N–H and O–H groups in total. The minimum absolute atomic E-state index is 0.0654. The summed E-state index contributed by atoms with van der Waals surface area (Å²) in [7, 11) is 1.13. The Bertz CT molecular complexity index is 850. The lowest BCUT2D eigenvalue weighted by molar-refractivity contribution is -0.348. The molecule has 130 valence electrons. The highest BCUT2D eigenvalue weighted by molar-refractivity contribution is 5.82. The van der Waals surface area contributed by atoms with Gasteiger partial charge < -0.3 is 4.57 Å². The van der Waals surface area contributed by atoms with E-state index in [-0.39, 0.29) is 11.0 Å². The van der Waals surface area contributed by atoms with E-state index in [2.05, 4.69) is 4.98 Å². The van der Waals surface area contributed by atoms with Gasteiger partial charge in [0.15, 0.2) is 0 Å². The summed E-state index contributed by atoms with van der Waals surface area (Å²) >= 11 is 0. The summed E-state index contributed by atoms with van der Waals surface area (Å²) in [4.78, 5) is 3.61. The molecule has 10 heteroatoms. The van der Waals surface area contributed by atoms with Crippen molar-refractivity contribution in [2.75, 3.05) is 0 Å². The Morgan fingerprint density at radius 2 is 1.46 bits per heavy atom. The van der Waals surface area contributed by atoms with E-state index in [0.717, 1.165) is 11.6 Å². The lowest BCUT2D eigenvalue weighted by atomic mass is 9.85. The monoisotopic (exact) mass is 356 g/mol. The van der Waals surface area contributed by atoms with Crippen molar-refractivity contribution < 1.29 is 35.1 Å². The molecule has 0 atom stereocenters. The van der Waals surface area contributed by atoms with Crippen LogP contribution in [0, 0.1) is 0 Å². The molecule has 0 fully saturated rings. The largest absolute Gasteiger partial charge is 0.383 e. The van der Waals surface area contributed by atoms with Gasteiger partial charge in [0.2, 0.25) is 0 Å². The number of para-hydroxylation sites is 2. The van der Waals surface area contributed by atoms with Gasteiger partial charge in [0, 0.05) is 13.1 Å². The highest BCUT2D eigenvalue weighted by Crippen LogP contribution is 2.60. The second-order valence-electron chi connectivity index (χ2n) is 5.39. The summed E-state index contributed by atoms with van der Waals surface area (Å²) in [6.45, 7) is 0. The Hall–Kier alpha value is -2.13. The van der Waals surface area contributed by atoms with Crippen LogP contribution in [0.1, 0.15) is 5.82 Å². The molecule has 0 spiro atoms. The van der Waals surface area contributed by atoms with Gasteiger partial charge in [-0.05, 0) is 12.1 Å². The van der Waals surface area contributed by atoms with Crippen LogP contribution in [0.4, 0.5) is 35.1 Å². The topological polar surface area (TPSA) is 17.8 Å². The van der Waals surface area contributed by atoms with E-state index < -0.39 is 41.2 Å². The van der Waals surface area contributed by atoms with Crippen LogP contribution < -0.4 is 0 Å². The molecule has 0 saturated carbocycles. The summed E-state index contributed by atoms with van der Waals surface area (Å²) in [6, 6.07) is 5.67. The Kier molecular flexibility index (Phi) is 3.12. The first kappa shape index (κ1) is 16.7. The maximum Gasteiger partial charge on any atom is 0.383 e. The fourth-order valence-electron chi connectivity index (χ4n) is 2.53. The van der Waals surface area contributed by atoms with E-state index in [1.54, 1.807) is 0 Å². The molecule has 2 nitrogen and oxygen atoms in total. The zero-order valence-corrected chi connectivity index (χ0v) is 11.8. The third-order valence-corrected chi connectivity index (χ3v) is 3.90. The van der Waals surface area contributed by atoms with Gasteiger partial charge in [0.1, 0.15) is 5.82 Å². The van der Waals surface area contributed by atoms with Crippen molar-refractivity contribution in [2.24, 2.45) is 7.05 Å². The highest BCUT2D eigenvalue weighted by Gasteiger charge is 2.84. The summed E-state index contributed by atoms with van der Waals surface area (Å²) in [6.07, 6.45) is -0.828. The van der Waals surface area contributed by atoms with Crippen LogP contribution in [-0.2, 0) is 7.05 Å². The van der Waals surface area contributed by atoms with Crippen molar-refractivity contribution in [3.8, 4) is 0 Å². The van der Waals surface area contributed by atoms with E-state index in [0.29, 0.717) is 0 Å². The predicted molar refractivity (Wildman–Crippen MR) is 68.5 cm³/mol. The van der Waals surface area contributed by atoms with Crippen LogP contribution in [0.3, 0.4) is 0 Å². The van der Waals surface area contributed by atoms with Crippen LogP contribution in [0.2, 0.25) is 0 Å². The Morgan fingerprint density at radius 3 is 2.04 bits per heavy atom. The molecule has 1 heterocycles. The average molecular weight is 356 g/mol. The second-order valence-corrected chi connectivity index (χ2v) is 5.39. The first-order chi connectivity index (χ1) is 10.8. The quantitative estimate of drug-likeness (QED) is 0.688. The lowest BCUT2D eigenvalue weighted by Crippen LogP contribution is -2.65. The molecular formula is C14H8F8N2. The molecule has 1 aromatic heterocycles. The molecule has 0 bridgehead atoms. The zero-order chi connectivity index (χ0) is 18.1. The fourth-order valence-corrected chi connectivity index (χ4v) is 2.53. The average Bonchev–Trinajstić information content (AvgIpc) is 2.80. The Morgan fingerprint density at radius 1 is 0.875 bits per heavy atom. The summed E-state index contributed by atoms with van der Waals surface area (Å²) < 4.78 is 109. The Balaban J connectivity index is 2.33. The summed E-state index contributed by atoms with van der Waals surface area (Å²) in [5, 5.41) is 0. The molecule has 2 aromatic rings. The molecule has 24 heavy (non-hydrogen) atoms. The molecule has 0 aliphatic heterocycles. The number of alkyl halides is 8. The third-order valence-electron chi connectivity index (χ3n) is 3.90. The molecule has 0 saturated heterocycles. The number of hydrogen-bond donors (Lipinski definition) is 0. The van der Waals surface area contributed by atoms with Gasteiger partial charge in [-0.1, -0.05) is 12.1 Å². The maximum atomic E-state index is 14.0. The van der Waals surface area contributed by atoms with Crippen LogP contribution in [-0.4, -0.2) is 33.2 Å². The van der Waals surface area contributed by atoms with Gasteiger partial charge in [-0.25, -0.2) is 4.98 Å². The van der Waals surface area contributed by atoms with E-state index in [1.807, 2.05) is 0 Å². The lowest BCUT2D eigenvalue weighted by Gasteiger charge is -2.40. The van der Waals surface area contributed by atoms with Crippen molar-refractivity contribution in [3.05, 3.63) is 36.2 Å². The fraction of sp³-hybridized carbons (Fsp3) is 0.357. The van der Waals surface area contributed by atoms with Crippen LogP contribution >= 0.6 is 0 Å². The van der Waals surface area contributed by atoms with Gasteiger partial charge in [-0.3, -0.25) is 0 Å². The number of allylic oxidation sites excluding steroid dienone is 2. The van der Waals surface area contributed by atoms with Crippen LogP contribution in [0.15, 0.2) is 30.3 Å². The summed E-state index contributed by atoms with van der Waals surface area (Å²) in [5.74, 6) is -24.5. The molecule has 0 unspecified atom stereocenters. The number of aromatic nitrogens is 2. The number of hydrogen-bond acceptors (Lipinski definition) is 1. The molecular weight excluding hydrogens is 348 g/mol. The number of imidazole rings is 1. The smallest absolute Gasteiger partial charge is 0.327 e. The van der Waals surface area contributed by atoms with Crippen LogP contribution in [0.25, 0.3) is 16.6 Å². The second kappa shape index (κ2) is 4.48. The molecule has 1 aromatic carbocycles. The first-order valence-corrected chi connectivity index (χ1v) is 6.51. The zero-order valence-electron chi connectivity index (χ0n) is 11.8. The predicted octanol–water partition coefficient (Wildman–Crippen LogP) is 4.51. The number of nitrogens with zero attached hydrogens (tertiary/aromatic N) is 2. The van der Waals surface area contributed by atoms with Gasteiger partial charge in [-0.15, -0.1) is 0 Å². The van der Waals surface area contributed by atoms with E-state index in [4.69, 9.17) is 0 Å². The van der Waals surface area contributed by atoms with E-state index in [1.165, 1.54) is 24.3 Å². The number of rotatable bonds is 1. The molecule has 1 aliphatic carbocycles. The molecule has 3 rings (SSSR count). The molecule has 0 amide bonds. The minimum atomic E-state index is -6.29. The SMILES string of the molecule is Cn1c(C2=CC(F)(F)C(F)(F)C(F)(F)C2(F)F)nc2ccccc21. The van der Waals surface area contributed by atoms with Crippen molar-refractivity contribution in [2.45, 2.75) is 23.7 Å². The number of fused-ring (bicyclic) bond motifs is 1. The number of benzene rings is 1. The van der Waals surface area contributed by atoms with E-state index >= 15 is 0 Å². The Labute approximate surface area is 129 Å². The standard InChI is InChI=1S/C14H8F8N2/c1-24-9-5-3-2-4-8(9)23-10(24)7-6-11(15,16)13(19,20)14(21,22)12(7,17)18/h2-6H,1H3. The van der Waals surface area contributed by atoms with E-state index in [9.17, 15) is 35.1 Å². The maximum absolute atomic E-state index is 14.0. The third kappa shape index (κ3) is 1.79. The van der Waals surface area contributed by atoms with Gasteiger partial charge >= 0.3 is 23.7 Å². The molecule has 1 aliphatic rings. The summed E-state index contributed by atoms with van der Waals surface area (Å²) in [5.41, 5.74) is -1.69. The highest BCUT2D eigenvalue weighted by atomic mass is 19.4. The number of halogens is 8. The number of aryl methyl sites for hydroxylation is 1. The molecule has 0 radical (unpaired) electrons. The van der Waals surface area contributed by atoms with Crippen molar-refractivity contribution >= 4 is 16.6 Å². The van der Waals surface area contributed by atoms with Gasteiger partial charge in [0.25, 0.3) is 0 Å². The van der Waals surface area contributed by atoms with Gasteiger partial charge in [0.05, 0.1) is 16.6 Å². The normalized spacial score (nSPS) is 24.0. The minimum Gasteiger partial charge on any atom is -0.327 e. The first-order valence-electron chi connectivity index (χ1n) is 6.51.